The number of unbranched alkanes of at least 4 members (excludes halogenated alkanes) is 6. The number of rotatable bonds is 17. The van der Waals surface area contributed by atoms with Crippen molar-refractivity contribution in [1.29, 1.82) is 0 Å². The fraction of sp³-hybridized carbons (Fsp3) is 0.769. The molecule has 0 aromatic heterocycles. The molecule has 1 aliphatic rings. The van der Waals surface area contributed by atoms with E-state index >= 15 is 0 Å². The lowest BCUT2D eigenvalue weighted by Gasteiger charge is -2.19. The Morgan fingerprint density at radius 1 is 0.933 bits per heavy atom. The summed E-state index contributed by atoms with van der Waals surface area (Å²) in [6, 6.07) is 10.7. The highest BCUT2D eigenvalue weighted by Crippen LogP contribution is 2.40. The summed E-state index contributed by atoms with van der Waals surface area (Å²) >= 11 is 0. The van der Waals surface area contributed by atoms with Crippen molar-refractivity contribution in [1.82, 2.24) is 0 Å². The number of benzene rings is 1. The van der Waals surface area contributed by atoms with Gasteiger partial charge in [-0.25, -0.2) is 0 Å². The molecular weight excluding hydrogens is 374 g/mol. The summed E-state index contributed by atoms with van der Waals surface area (Å²) in [5, 5.41) is 7.89. The van der Waals surface area contributed by atoms with Crippen LogP contribution in [0.2, 0.25) is 0 Å². The third-order valence-corrected chi connectivity index (χ3v) is 6.37. The first-order chi connectivity index (χ1) is 14.7. The minimum atomic E-state index is 0.456. The number of hydrogen-bond donors (Lipinski definition) is 1. The van der Waals surface area contributed by atoms with Crippen LogP contribution in [-0.2, 0) is 11.3 Å². The van der Waals surface area contributed by atoms with E-state index in [2.05, 4.69) is 44.2 Å². The molecule has 0 aliphatic heterocycles. The van der Waals surface area contributed by atoms with Gasteiger partial charge >= 0.3 is 0 Å². The van der Waals surface area contributed by atoms with Crippen LogP contribution >= 0.6 is 0 Å². The van der Waals surface area contributed by atoms with Gasteiger partial charge in [0.05, 0.1) is 12.7 Å². The van der Waals surface area contributed by atoms with Gasteiger partial charge in [-0.1, -0.05) is 108 Å². The maximum atomic E-state index is 8.11. The van der Waals surface area contributed by atoms with Crippen molar-refractivity contribution < 1.29 is 9.94 Å². The monoisotopic (exact) mass is 419 g/mol. The number of hydrogen-bond acceptors (Lipinski definition) is 3. The van der Waals surface area contributed by atoms with Crippen LogP contribution in [0.15, 0.2) is 35.7 Å². The molecule has 1 aromatic carbocycles. The van der Waals surface area contributed by atoms with Crippen molar-refractivity contribution in [2.24, 2.45) is 17.2 Å². The Morgan fingerprint density at radius 3 is 2.07 bits per heavy atom. The first-order valence-electron chi connectivity index (χ1n) is 12.4. The SMILES string of the molecule is CCCCCCCC(CCCCCC(CC)C1CC1)OCc1ccccc1.O=NO. The van der Waals surface area contributed by atoms with Crippen molar-refractivity contribution >= 4 is 0 Å². The summed E-state index contributed by atoms with van der Waals surface area (Å²) in [4.78, 5) is 8.11. The molecule has 172 valence electrons. The van der Waals surface area contributed by atoms with Crippen LogP contribution in [0, 0.1) is 16.7 Å². The van der Waals surface area contributed by atoms with Crippen molar-refractivity contribution in [3.05, 3.63) is 40.8 Å². The van der Waals surface area contributed by atoms with E-state index in [0.717, 1.165) is 18.4 Å². The summed E-state index contributed by atoms with van der Waals surface area (Å²) in [7, 11) is 0. The summed E-state index contributed by atoms with van der Waals surface area (Å²) < 4.78 is 6.33. The number of ether oxygens (including phenoxy) is 1. The van der Waals surface area contributed by atoms with Crippen molar-refractivity contribution in [3.8, 4) is 0 Å². The van der Waals surface area contributed by atoms with E-state index in [1.807, 2.05) is 0 Å². The molecule has 0 amide bonds. The van der Waals surface area contributed by atoms with Crippen LogP contribution in [0.5, 0.6) is 0 Å². The minimum Gasteiger partial charge on any atom is -0.379 e. The molecule has 2 atom stereocenters. The molecular formula is C26H45NO3. The predicted octanol–water partition coefficient (Wildman–Crippen LogP) is 8.46. The molecule has 30 heavy (non-hydrogen) atoms. The van der Waals surface area contributed by atoms with Crippen molar-refractivity contribution in [3.63, 3.8) is 0 Å². The zero-order chi connectivity index (χ0) is 21.9. The standard InChI is InChI=1S/C26H44O.HNO2/c1-3-5-6-7-13-18-26(27-22-23-15-10-8-11-16-23)19-14-9-12-17-24(4-2)25-20-21-25;2-1-3/h8,10-11,15-16,24-26H,3-7,9,12-14,17-22H2,1-2H3;(H,2,3). The third-order valence-electron chi connectivity index (χ3n) is 6.37. The zero-order valence-electron chi connectivity index (χ0n) is 19.4. The van der Waals surface area contributed by atoms with Gasteiger partial charge in [-0.05, 0) is 43.1 Å². The summed E-state index contributed by atoms with van der Waals surface area (Å²) in [5.41, 5.74) is 1.31. The molecule has 1 N–H and O–H groups in total. The lowest BCUT2D eigenvalue weighted by Crippen LogP contribution is -2.13. The number of nitrogens with zero attached hydrogens (tertiary/aromatic N) is 1. The van der Waals surface area contributed by atoms with E-state index in [9.17, 15) is 0 Å². The van der Waals surface area contributed by atoms with Gasteiger partial charge in [0.1, 0.15) is 0 Å². The van der Waals surface area contributed by atoms with Crippen LogP contribution in [0.25, 0.3) is 0 Å². The van der Waals surface area contributed by atoms with Gasteiger partial charge in [0, 0.05) is 0 Å². The average molecular weight is 420 g/mol. The Hall–Kier alpha value is -1.42. The molecule has 0 spiro atoms. The summed E-state index contributed by atoms with van der Waals surface area (Å²) in [6.07, 6.45) is 19.8. The van der Waals surface area contributed by atoms with Crippen LogP contribution in [0.1, 0.15) is 109 Å². The predicted molar refractivity (Wildman–Crippen MR) is 126 cm³/mol. The average Bonchev–Trinajstić information content (AvgIpc) is 3.60. The molecule has 2 rings (SSSR count). The molecule has 4 nitrogen and oxygen atoms in total. The van der Waals surface area contributed by atoms with Crippen LogP contribution in [0.4, 0.5) is 0 Å². The quantitative estimate of drug-likeness (QED) is 0.156. The molecule has 0 heterocycles. The minimum absolute atomic E-state index is 0.456. The summed E-state index contributed by atoms with van der Waals surface area (Å²) in [6.45, 7) is 5.45. The molecule has 0 radical (unpaired) electrons. The van der Waals surface area contributed by atoms with E-state index in [1.54, 1.807) is 0 Å². The first-order valence-corrected chi connectivity index (χ1v) is 12.4. The molecule has 0 bridgehead atoms. The Labute approximate surface area is 184 Å². The maximum Gasteiger partial charge on any atom is 0.152 e. The normalized spacial score (nSPS) is 15.1. The van der Waals surface area contributed by atoms with Gasteiger partial charge in [0.25, 0.3) is 0 Å². The van der Waals surface area contributed by atoms with Gasteiger partial charge in [0.15, 0.2) is 5.34 Å². The van der Waals surface area contributed by atoms with E-state index in [4.69, 9.17) is 14.9 Å². The molecule has 0 saturated heterocycles. The smallest absolute Gasteiger partial charge is 0.152 e. The second kappa shape index (κ2) is 18.4. The second-order valence-corrected chi connectivity index (χ2v) is 8.85. The maximum absolute atomic E-state index is 8.11. The molecule has 1 aliphatic carbocycles. The van der Waals surface area contributed by atoms with E-state index in [-0.39, 0.29) is 0 Å². The Morgan fingerprint density at radius 2 is 1.50 bits per heavy atom. The van der Waals surface area contributed by atoms with E-state index < -0.39 is 0 Å². The van der Waals surface area contributed by atoms with Crippen LogP contribution in [-0.4, -0.2) is 11.3 Å². The molecule has 2 unspecified atom stereocenters. The highest BCUT2D eigenvalue weighted by Gasteiger charge is 2.29. The van der Waals surface area contributed by atoms with E-state index in [0.29, 0.717) is 6.10 Å². The van der Waals surface area contributed by atoms with Gasteiger partial charge in [-0.3, -0.25) is 0 Å². The molecule has 1 saturated carbocycles. The fourth-order valence-corrected chi connectivity index (χ4v) is 4.37. The van der Waals surface area contributed by atoms with Crippen LogP contribution in [0.3, 0.4) is 0 Å². The van der Waals surface area contributed by atoms with Crippen molar-refractivity contribution in [2.75, 3.05) is 0 Å². The van der Waals surface area contributed by atoms with Gasteiger partial charge in [0.2, 0.25) is 0 Å². The van der Waals surface area contributed by atoms with Gasteiger partial charge in [-0.2, -0.15) is 0 Å². The highest BCUT2D eigenvalue weighted by atomic mass is 16.6. The summed E-state index contributed by atoms with van der Waals surface area (Å²) in [5.74, 6) is 2.11. The highest BCUT2D eigenvalue weighted by molar-refractivity contribution is 5.13. The van der Waals surface area contributed by atoms with E-state index in [1.165, 1.54) is 101 Å². The first kappa shape index (κ1) is 26.6. The zero-order valence-corrected chi connectivity index (χ0v) is 19.4. The lowest BCUT2D eigenvalue weighted by molar-refractivity contribution is 0.0260. The molecule has 1 aromatic rings. The molecule has 4 heteroatoms. The molecule has 1 fully saturated rings. The Balaban J connectivity index is 0.00000141. The van der Waals surface area contributed by atoms with Gasteiger partial charge in [-0.15, -0.1) is 4.91 Å². The van der Waals surface area contributed by atoms with Crippen LogP contribution < -0.4 is 0 Å². The topological polar surface area (TPSA) is 58.9 Å². The lowest BCUT2D eigenvalue weighted by atomic mass is 9.93. The van der Waals surface area contributed by atoms with Gasteiger partial charge < -0.3 is 9.94 Å². The van der Waals surface area contributed by atoms with Crippen molar-refractivity contribution in [2.45, 2.75) is 116 Å². The Bertz CT molecular complexity index is 504. The Kier molecular flexibility index (Phi) is 16.3. The second-order valence-electron chi connectivity index (χ2n) is 8.85. The fourth-order valence-electron chi connectivity index (χ4n) is 4.37. The largest absolute Gasteiger partial charge is 0.379 e. The third kappa shape index (κ3) is 13.7.